The standard InChI is InChI=1S/C30H24N8O2/c1-36(2)29(39)17-8-11-26-24(12-17)33-28(38(26)18-9-10-22-23(13-18)35-30(40)34-22)20-14-25(27-15-31-16-37(27)3)32-21-7-5-4-6-19(20)21/h4-16H,1-3H3,(H2,34,35,40). The van der Waals surface area contributed by atoms with Crippen LogP contribution in [0.4, 0.5) is 0 Å². The van der Waals surface area contributed by atoms with Gasteiger partial charge in [0.1, 0.15) is 5.82 Å². The van der Waals surface area contributed by atoms with E-state index in [1.165, 1.54) is 0 Å². The molecule has 196 valence electrons. The molecule has 0 saturated carbocycles. The van der Waals surface area contributed by atoms with Gasteiger partial charge in [-0.15, -0.1) is 0 Å². The molecule has 0 radical (unpaired) electrons. The summed E-state index contributed by atoms with van der Waals surface area (Å²) in [6.45, 7) is 0. The summed E-state index contributed by atoms with van der Waals surface area (Å²) in [5.74, 6) is 0.584. The third-order valence-electron chi connectivity index (χ3n) is 7.10. The van der Waals surface area contributed by atoms with Crippen molar-refractivity contribution in [1.82, 2.24) is 39.0 Å². The molecular formula is C30H24N8O2. The van der Waals surface area contributed by atoms with Gasteiger partial charge in [0.25, 0.3) is 5.91 Å². The highest BCUT2D eigenvalue weighted by Crippen LogP contribution is 2.36. The number of amides is 1. The van der Waals surface area contributed by atoms with Crippen LogP contribution in [0, 0.1) is 0 Å². The Bertz CT molecular complexity index is 2160. The van der Waals surface area contributed by atoms with Gasteiger partial charge in [0.05, 0.1) is 51.5 Å². The molecule has 4 heterocycles. The van der Waals surface area contributed by atoms with Gasteiger partial charge in [-0.1, -0.05) is 18.2 Å². The zero-order valence-corrected chi connectivity index (χ0v) is 22.0. The van der Waals surface area contributed by atoms with E-state index in [1.54, 1.807) is 31.5 Å². The summed E-state index contributed by atoms with van der Waals surface area (Å²) in [6.07, 6.45) is 3.54. The molecule has 4 aromatic heterocycles. The number of hydrogen-bond donors (Lipinski definition) is 2. The van der Waals surface area contributed by atoms with Crippen LogP contribution in [0.1, 0.15) is 10.4 Å². The average Bonchev–Trinajstić information content (AvgIpc) is 3.66. The Kier molecular flexibility index (Phi) is 5.17. The van der Waals surface area contributed by atoms with E-state index in [0.717, 1.165) is 39.1 Å². The van der Waals surface area contributed by atoms with Crippen LogP contribution in [0.5, 0.6) is 0 Å². The van der Waals surface area contributed by atoms with Gasteiger partial charge < -0.3 is 19.4 Å². The van der Waals surface area contributed by atoms with E-state index < -0.39 is 0 Å². The largest absolute Gasteiger partial charge is 0.345 e. The molecule has 2 N–H and O–H groups in total. The topological polar surface area (TPSA) is 117 Å². The number of carbonyl (C=O) groups is 1. The Labute approximate surface area is 227 Å². The SMILES string of the molecule is CN(C)C(=O)c1ccc2c(c1)nc(-c1cc(-c3cncn3C)nc3ccccc13)n2-c1ccc2[nH]c(=O)[nH]c2c1. The van der Waals surface area contributed by atoms with Gasteiger partial charge in [-0.3, -0.25) is 9.36 Å². The number of aryl methyl sites for hydroxylation is 1. The van der Waals surface area contributed by atoms with Crippen LogP contribution < -0.4 is 5.69 Å². The normalized spacial score (nSPS) is 11.6. The number of benzene rings is 3. The molecule has 0 saturated heterocycles. The molecule has 0 fully saturated rings. The van der Waals surface area contributed by atoms with Crippen molar-refractivity contribution >= 4 is 38.9 Å². The van der Waals surface area contributed by atoms with E-state index in [9.17, 15) is 9.59 Å². The molecule has 3 aromatic carbocycles. The minimum absolute atomic E-state index is 0.0998. The number of pyridine rings is 1. The van der Waals surface area contributed by atoms with Crippen LogP contribution in [0.3, 0.4) is 0 Å². The number of rotatable bonds is 4. The Balaban J connectivity index is 1.56. The molecule has 7 rings (SSSR count). The number of nitrogens with zero attached hydrogens (tertiary/aromatic N) is 6. The van der Waals surface area contributed by atoms with Gasteiger partial charge in [-0.05, 0) is 48.5 Å². The first-order valence-corrected chi connectivity index (χ1v) is 12.7. The third-order valence-corrected chi connectivity index (χ3v) is 7.10. The Hall–Kier alpha value is -5.51. The molecule has 0 unspecified atom stereocenters. The molecule has 0 aliphatic rings. The number of H-pyrrole nitrogens is 2. The number of aromatic amines is 2. The zero-order chi connectivity index (χ0) is 27.5. The number of para-hydroxylation sites is 1. The first kappa shape index (κ1) is 23.6. The number of nitrogens with one attached hydrogen (secondary N) is 2. The summed E-state index contributed by atoms with van der Waals surface area (Å²) in [5, 5.41) is 0.936. The smallest absolute Gasteiger partial charge is 0.323 e. The molecule has 7 aromatic rings. The molecule has 0 aliphatic carbocycles. The highest BCUT2D eigenvalue weighted by Gasteiger charge is 2.21. The van der Waals surface area contributed by atoms with Gasteiger partial charge in [0.2, 0.25) is 0 Å². The van der Waals surface area contributed by atoms with Crippen LogP contribution in [-0.4, -0.2) is 59.0 Å². The van der Waals surface area contributed by atoms with E-state index in [0.29, 0.717) is 27.9 Å². The van der Waals surface area contributed by atoms with Crippen molar-refractivity contribution in [2.45, 2.75) is 0 Å². The summed E-state index contributed by atoms with van der Waals surface area (Å²) in [5.41, 5.74) is 7.33. The second-order valence-electron chi connectivity index (χ2n) is 9.94. The molecular weight excluding hydrogens is 504 g/mol. The molecule has 1 amide bonds. The van der Waals surface area contributed by atoms with Crippen LogP contribution in [-0.2, 0) is 7.05 Å². The summed E-state index contributed by atoms with van der Waals surface area (Å²) in [6, 6.07) is 21.3. The maximum absolute atomic E-state index is 12.8. The van der Waals surface area contributed by atoms with Crippen molar-refractivity contribution in [3.8, 4) is 28.5 Å². The number of imidazole rings is 3. The lowest BCUT2D eigenvalue weighted by atomic mass is 10.1. The molecule has 0 atom stereocenters. The number of hydrogen-bond acceptors (Lipinski definition) is 5. The van der Waals surface area contributed by atoms with Crippen LogP contribution in [0.15, 0.2) is 84.0 Å². The van der Waals surface area contributed by atoms with E-state index in [1.807, 2.05) is 78.3 Å². The maximum Gasteiger partial charge on any atom is 0.323 e. The lowest BCUT2D eigenvalue weighted by molar-refractivity contribution is 0.0827. The number of carbonyl (C=O) groups excluding carboxylic acids is 1. The summed E-state index contributed by atoms with van der Waals surface area (Å²) in [4.78, 5) is 46.3. The molecule has 0 spiro atoms. The summed E-state index contributed by atoms with van der Waals surface area (Å²) < 4.78 is 3.98. The third kappa shape index (κ3) is 3.69. The van der Waals surface area contributed by atoms with Gasteiger partial charge in [-0.25, -0.2) is 19.7 Å². The minimum Gasteiger partial charge on any atom is -0.345 e. The van der Waals surface area contributed by atoms with Gasteiger partial charge in [0.15, 0.2) is 0 Å². The van der Waals surface area contributed by atoms with Crippen molar-refractivity contribution in [3.63, 3.8) is 0 Å². The van der Waals surface area contributed by atoms with Crippen molar-refractivity contribution in [3.05, 3.63) is 95.3 Å². The van der Waals surface area contributed by atoms with Crippen LogP contribution >= 0.6 is 0 Å². The highest BCUT2D eigenvalue weighted by atomic mass is 16.2. The fourth-order valence-corrected chi connectivity index (χ4v) is 5.17. The summed E-state index contributed by atoms with van der Waals surface area (Å²) in [7, 11) is 5.39. The number of aromatic nitrogens is 7. The monoisotopic (exact) mass is 528 g/mol. The minimum atomic E-state index is -0.268. The van der Waals surface area contributed by atoms with Crippen LogP contribution in [0.2, 0.25) is 0 Å². The van der Waals surface area contributed by atoms with Crippen LogP contribution in [0.25, 0.3) is 61.4 Å². The summed E-state index contributed by atoms with van der Waals surface area (Å²) >= 11 is 0. The van der Waals surface area contributed by atoms with Gasteiger partial charge >= 0.3 is 5.69 Å². The predicted octanol–water partition coefficient (Wildman–Crippen LogP) is 4.51. The van der Waals surface area contributed by atoms with Crippen molar-refractivity contribution in [2.24, 2.45) is 7.05 Å². The highest BCUT2D eigenvalue weighted by molar-refractivity contribution is 6.00. The Morgan fingerprint density at radius 3 is 2.52 bits per heavy atom. The predicted molar refractivity (Wildman–Crippen MR) is 155 cm³/mol. The average molecular weight is 529 g/mol. The molecule has 0 bridgehead atoms. The van der Waals surface area contributed by atoms with Crippen molar-refractivity contribution in [2.75, 3.05) is 14.1 Å². The van der Waals surface area contributed by atoms with Gasteiger partial charge in [0, 0.05) is 43.3 Å². The van der Waals surface area contributed by atoms with E-state index in [2.05, 4.69) is 19.5 Å². The zero-order valence-electron chi connectivity index (χ0n) is 22.0. The second-order valence-corrected chi connectivity index (χ2v) is 9.94. The lowest BCUT2D eigenvalue weighted by Crippen LogP contribution is -2.21. The van der Waals surface area contributed by atoms with Crippen molar-refractivity contribution < 1.29 is 4.79 Å². The van der Waals surface area contributed by atoms with Crippen molar-refractivity contribution in [1.29, 1.82) is 0 Å². The Morgan fingerprint density at radius 2 is 1.73 bits per heavy atom. The van der Waals surface area contributed by atoms with E-state index >= 15 is 0 Å². The fraction of sp³-hybridized carbons (Fsp3) is 0.100. The fourth-order valence-electron chi connectivity index (χ4n) is 5.17. The quantitative estimate of drug-likeness (QED) is 0.349. The molecule has 10 nitrogen and oxygen atoms in total. The van der Waals surface area contributed by atoms with E-state index in [-0.39, 0.29) is 11.6 Å². The molecule has 40 heavy (non-hydrogen) atoms. The van der Waals surface area contributed by atoms with Gasteiger partial charge in [-0.2, -0.15) is 0 Å². The lowest BCUT2D eigenvalue weighted by Gasteiger charge is -2.13. The molecule has 0 aliphatic heterocycles. The first-order chi connectivity index (χ1) is 19.4. The second kappa shape index (κ2) is 8.77. The first-order valence-electron chi connectivity index (χ1n) is 12.7. The maximum atomic E-state index is 12.8. The van der Waals surface area contributed by atoms with E-state index in [4.69, 9.17) is 9.97 Å². The Morgan fingerprint density at radius 1 is 0.900 bits per heavy atom. The number of fused-ring (bicyclic) bond motifs is 3. The molecule has 10 heteroatoms.